The Bertz CT molecular complexity index is 342. The molecule has 1 heterocycles. The fourth-order valence-corrected chi connectivity index (χ4v) is 3.05. The van der Waals surface area contributed by atoms with Gasteiger partial charge in [-0.2, -0.15) is 0 Å². The summed E-state index contributed by atoms with van der Waals surface area (Å²) in [7, 11) is 0. The average molecular weight is 274 g/mol. The van der Waals surface area contributed by atoms with Crippen molar-refractivity contribution < 1.29 is 0 Å². The van der Waals surface area contributed by atoms with Gasteiger partial charge in [-0.3, -0.25) is 0 Å². The monoisotopic (exact) mass is 274 g/mol. The summed E-state index contributed by atoms with van der Waals surface area (Å²) < 4.78 is 0. The lowest BCUT2D eigenvalue weighted by atomic mass is 9.96. The van der Waals surface area contributed by atoms with Gasteiger partial charge < -0.3 is 10.2 Å². The molecule has 0 aliphatic carbocycles. The molecule has 1 aromatic rings. The van der Waals surface area contributed by atoms with Gasteiger partial charge >= 0.3 is 0 Å². The summed E-state index contributed by atoms with van der Waals surface area (Å²) in [6.07, 6.45) is 6.52. The summed E-state index contributed by atoms with van der Waals surface area (Å²) in [6.45, 7) is 8.51. The molecule has 0 bridgehead atoms. The number of likely N-dealkylation sites (tertiary alicyclic amines) is 1. The van der Waals surface area contributed by atoms with Crippen molar-refractivity contribution in [1.29, 1.82) is 0 Å². The second-order valence-corrected chi connectivity index (χ2v) is 6.08. The Hall–Kier alpha value is -0.860. The highest BCUT2D eigenvalue weighted by Gasteiger charge is 2.18. The quantitative estimate of drug-likeness (QED) is 0.732. The van der Waals surface area contributed by atoms with Crippen LogP contribution in [0.15, 0.2) is 30.3 Å². The van der Waals surface area contributed by atoms with Gasteiger partial charge in [0, 0.05) is 0 Å². The first-order valence-electron chi connectivity index (χ1n) is 8.35. The highest BCUT2D eigenvalue weighted by Crippen LogP contribution is 2.17. The van der Waals surface area contributed by atoms with E-state index in [1.165, 1.54) is 70.4 Å². The smallest absolute Gasteiger partial charge is 0.00156 e. The second-order valence-electron chi connectivity index (χ2n) is 6.08. The number of aryl methyl sites for hydroxylation is 1. The van der Waals surface area contributed by atoms with E-state index in [0.717, 1.165) is 5.92 Å². The molecule has 0 saturated carbocycles. The Labute approximate surface area is 124 Å². The van der Waals surface area contributed by atoms with Gasteiger partial charge in [-0.25, -0.2) is 0 Å². The maximum Gasteiger partial charge on any atom is -0.00156 e. The number of nitrogens with one attached hydrogen (secondary N) is 1. The van der Waals surface area contributed by atoms with E-state index in [2.05, 4.69) is 47.5 Å². The van der Waals surface area contributed by atoms with Gasteiger partial charge in [0.05, 0.1) is 0 Å². The van der Waals surface area contributed by atoms with Crippen LogP contribution in [0.3, 0.4) is 0 Å². The molecule has 20 heavy (non-hydrogen) atoms. The summed E-state index contributed by atoms with van der Waals surface area (Å²) in [6, 6.07) is 10.9. The van der Waals surface area contributed by atoms with E-state index < -0.39 is 0 Å². The topological polar surface area (TPSA) is 15.3 Å². The van der Waals surface area contributed by atoms with Crippen LogP contribution >= 0.6 is 0 Å². The minimum Gasteiger partial charge on any atom is -0.316 e. The van der Waals surface area contributed by atoms with Gasteiger partial charge in [0.2, 0.25) is 0 Å². The average Bonchev–Trinajstić information content (AvgIpc) is 2.50. The Balaban J connectivity index is 1.55. The number of nitrogens with zero attached hydrogens (tertiary/aromatic N) is 1. The summed E-state index contributed by atoms with van der Waals surface area (Å²) in [5.41, 5.74) is 1.48. The SMILES string of the molecule is CCCNCC1CCN(CCCc2ccccc2)CC1. The van der Waals surface area contributed by atoms with Crippen LogP contribution < -0.4 is 5.32 Å². The molecule has 0 aromatic heterocycles. The van der Waals surface area contributed by atoms with E-state index in [1.807, 2.05) is 0 Å². The van der Waals surface area contributed by atoms with Crippen molar-refractivity contribution in [3.8, 4) is 0 Å². The van der Waals surface area contributed by atoms with Crippen molar-refractivity contribution in [1.82, 2.24) is 10.2 Å². The largest absolute Gasteiger partial charge is 0.316 e. The van der Waals surface area contributed by atoms with Crippen molar-refractivity contribution in [2.24, 2.45) is 5.92 Å². The first kappa shape index (κ1) is 15.5. The van der Waals surface area contributed by atoms with Crippen molar-refractivity contribution in [3.63, 3.8) is 0 Å². The third kappa shape index (κ3) is 5.64. The van der Waals surface area contributed by atoms with Crippen LogP contribution in [-0.4, -0.2) is 37.6 Å². The molecule has 0 unspecified atom stereocenters. The van der Waals surface area contributed by atoms with Gasteiger partial charge in [0.15, 0.2) is 0 Å². The number of hydrogen-bond donors (Lipinski definition) is 1. The second kappa shape index (κ2) is 9.15. The van der Waals surface area contributed by atoms with E-state index >= 15 is 0 Å². The summed E-state index contributed by atoms with van der Waals surface area (Å²) in [5.74, 6) is 0.909. The molecule has 2 rings (SSSR count). The minimum atomic E-state index is 0.909. The zero-order chi connectivity index (χ0) is 14.0. The van der Waals surface area contributed by atoms with Crippen LogP contribution in [0.25, 0.3) is 0 Å². The van der Waals surface area contributed by atoms with Crippen molar-refractivity contribution >= 4 is 0 Å². The van der Waals surface area contributed by atoms with Crippen LogP contribution in [0.5, 0.6) is 0 Å². The van der Waals surface area contributed by atoms with Gasteiger partial charge in [0.1, 0.15) is 0 Å². The normalized spacial score (nSPS) is 17.4. The lowest BCUT2D eigenvalue weighted by Gasteiger charge is -2.32. The zero-order valence-corrected chi connectivity index (χ0v) is 13.0. The predicted molar refractivity (Wildman–Crippen MR) is 87.1 cm³/mol. The van der Waals surface area contributed by atoms with Crippen LogP contribution in [0, 0.1) is 5.92 Å². The van der Waals surface area contributed by atoms with Gasteiger partial charge in [-0.15, -0.1) is 0 Å². The molecular formula is C18H30N2. The first-order valence-corrected chi connectivity index (χ1v) is 8.35. The van der Waals surface area contributed by atoms with Crippen LogP contribution in [0.1, 0.15) is 38.2 Å². The highest BCUT2D eigenvalue weighted by molar-refractivity contribution is 5.14. The molecule has 1 aromatic carbocycles. The van der Waals surface area contributed by atoms with E-state index in [-0.39, 0.29) is 0 Å². The predicted octanol–water partition coefficient (Wildman–Crippen LogP) is 3.33. The summed E-state index contributed by atoms with van der Waals surface area (Å²) in [4.78, 5) is 2.65. The molecule has 2 heteroatoms. The summed E-state index contributed by atoms with van der Waals surface area (Å²) >= 11 is 0. The molecule has 112 valence electrons. The molecule has 1 aliphatic heterocycles. The Morgan fingerprint density at radius 1 is 1.15 bits per heavy atom. The van der Waals surface area contributed by atoms with Crippen LogP contribution in [0.2, 0.25) is 0 Å². The molecule has 2 nitrogen and oxygen atoms in total. The Kier molecular flexibility index (Phi) is 7.10. The fourth-order valence-electron chi connectivity index (χ4n) is 3.05. The standard InChI is InChI=1S/C18H30N2/c1-2-12-19-16-18-10-14-20(15-11-18)13-6-9-17-7-4-3-5-8-17/h3-5,7-8,18-19H,2,6,9-16H2,1H3. The Morgan fingerprint density at radius 2 is 1.90 bits per heavy atom. The van der Waals surface area contributed by atoms with Crippen molar-refractivity contribution in [3.05, 3.63) is 35.9 Å². The van der Waals surface area contributed by atoms with E-state index in [4.69, 9.17) is 0 Å². The highest BCUT2D eigenvalue weighted by atomic mass is 15.1. The maximum atomic E-state index is 3.57. The lowest BCUT2D eigenvalue weighted by molar-refractivity contribution is 0.181. The third-order valence-electron chi connectivity index (χ3n) is 4.35. The van der Waals surface area contributed by atoms with E-state index in [0.29, 0.717) is 0 Å². The molecule has 0 atom stereocenters. The van der Waals surface area contributed by atoms with E-state index in [1.54, 1.807) is 0 Å². The van der Waals surface area contributed by atoms with E-state index in [9.17, 15) is 0 Å². The number of piperidine rings is 1. The Morgan fingerprint density at radius 3 is 2.60 bits per heavy atom. The number of rotatable bonds is 8. The molecule has 1 N–H and O–H groups in total. The molecule has 0 radical (unpaired) electrons. The molecule has 1 fully saturated rings. The zero-order valence-electron chi connectivity index (χ0n) is 13.0. The molecular weight excluding hydrogens is 244 g/mol. The lowest BCUT2D eigenvalue weighted by Crippen LogP contribution is -2.38. The van der Waals surface area contributed by atoms with Crippen LogP contribution in [0.4, 0.5) is 0 Å². The third-order valence-corrected chi connectivity index (χ3v) is 4.35. The van der Waals surface area contributed by atoms with Crippen LogP contribution in [-0.2, 0) is 6.42 Å². The van der Waals surface area contributed by atoms with Gasteiger partial charge in [0.25, 0.3) is 0 Å². The summed E-state index contributed by atoms with van der Waals surface area (Å²) in [5, 5.41) is 3.57. The maximum absolute atomic E-state index is 3.57. The molecule has 0 amide bonds. The molecule has 0 spiro atoms. The van der Waals surface area contributed by atoms with Gasteiger partial charge in [-0.05, 0) is 76.3 Å². The van der Waals surface area contributed by atoms with Crippen molar-refractivity contribution in [2.75, 3.05) is 32.7 Å². The van der Waals surface area contributed by atoms with Crippen molar-refractivity contribution in [2.45, 2.75) is 39.0 Å². The number of benzene rings is 1. The fraction of sp³-hybridized carbons (Fsp3) is 0.667. The molecule has 1 saturated heterocycles. The first-order chi connectivity index (χ1) is 9.88. The minimum absolute atomic E-state index is 0.909. The molecule has 1 aliphatic rings. The van der Waals surface area contributed by atoms with Gasteiger partial charge in [-0.1, -0.05) is 37.3 Å². The number of hydrogen-bond acceptors (Lipinski definition) is 2.